The molecule has 1 aromatic carbocycles. The molecule has 0 fully saturated rings. The normalized spacial score (nSPS) is 14.3. The highest BCUT2D eigenvalue weighted by atomic mass is 35.5. The molecule has 27 heavy (non-hydrogen) atoms. The molecule has 0 N–H and O–H groups in total. The second-order valence-corrected chi connectivity index (χ2v) is 6.54. The van der Waals surface area contributed by atoms with Gasteiger partial charge in [-0.1, -0.05) is 0 Å². The van der Waals surface area contributed by atoms with Crippen LogP contribution in [0.1, 0.15) is 16.8 Å². The number of pyridine rings is 1. The minimum Gasteiger partial charge on any atom is -0.497 e. The number of halogens is 4. The number of ether oxygens (including phenoxy) is 1. The molecule has 0 unspecified atom stereocenters. The average Bonchev–Trinajstić information content (AvgIpc) is 2.65. The first-order valence-electron chi connectivity index (χ1n) is 8.16. The average molecular weight is 395 g/mol. The summed E-state index contributed by atoms with van der Waals surface area (Å²) in [4.78, 5) is 14.4. The molecule has 0 amide bonds. The molecular formula is C18H14ClF3N4O. The molecule has 0 saturated heterocycles. The van der Waals surface area contributed by atoms with E-state index in [0.29, 0.717) is 41.3 Å². The number of alkyl halides is 3. The Kier molecular flexibility index (Phi) is 4.30. The number of hydrogen-bond acceptors (Lipinski definition) is 5. The lowest BCUT2D eigenvalue weighted by Crippen LogP contribution is -2.32. The lowest BCUT2D eigenvalue weighted by Gasteiger charge is -2.30. The number of rotatable bonds is 2. The Morgan fingerprint density at radius 2 is 2.00 bits per heavy atom. The van der Waals surface area contributed by atoms with E-state index >= 15 is 0 Å². The number of aromatic nitrogens is 3. The fourth-order valence-corrected chi connectivity index (χ4v) is 3.36. The molecule has 1 aliphatic heterocycles. The summed E-state index contributed by atoms with van der Waals surface area (Å²) in [6.07, 6.45) is -3.03. The number of fused-ring (bicyclic) bond motifs is 2. The second kappa shape index (κ2) is 6.53. The molecule has 9 heteroatoms. The van der Waals surface area contributed by atoms with E-state index in [0.717, 1.165) is 17.6 Å². The van der Waals surface area contributed by atoms with Crippen LogP contribution in [0.3, 0.4) is 0 Å². The van der Waals surface area contributed by atoms with E-state index in [1.807, 2.05) is 4.90 Å². The lowest BCUT2D eigenvalue weighted by molar-refractivity contribution is -0.137. The van der Waals surface area contributed by atoms with Crippen LogP contribution in [0.25, 0.3) is 10.9 Å². The standard InChI is InChI=1S/C18H14ClF3N4O/c1-27-12-2-3-15-13(7-12)16(25-17(19)24-15)26-5-4-14-10(9-26)6-11(8-23-14)18(20,21)22/h2-3,6-8H,4-5,9H2,1H3. The number of nitrogens with zero attached hydrogens (tertiary/aromatic N) is 4. The van der Waals surface area contributed by atoms with Crippen LogP contribution >= 0.6 is 11.6 Å². The first-order chi connectivity index (χ1) is 12.8. The van der Waals surface area contributed by atoms with Crippen LogP contribution in [0, 0.1) is 0 Å². The molecule has 1 aliphatic rings. The minimum absolute atomic E-state index is 0.0793. The first kappa shape index (κ1) is 17.8. The molecular weight excluding hydrogens is 381 g/mol. The van der Waals surface area contributed by atoms with E-state index in [9.17, 15) is 13.2 Å². The van der Waals surface area contributed by atoms with Gasteiger partial charge in [-0.15, -0.1) is 0 Å². The summed E-state index contributed by atoms with van der Waals surface area (Å²) in [5.74, 6) is 1.19. The van der Waals surface area contributed by atoms with Gasteiger partial charge in [0.25, 0.3) is 0 Å². The molecule has 0 saturated carbocycles. The molecule has 0 aliphatic carbocycles. The maximum atomic E-state index is 13.0. The Hall–Kier alpha value is -2.61. The van der Waals surface area contributed by atoms with Gasteiger partial charge < -0.3 is 9.64 Å². The molecule has 0 radical (unpaired) electrons. The third kappa shape index (κ3) is 3.37. The fourth-order valence-electron chi connectivity index (χ4n) is 3.19. The van der Waals surface area contributed by atoms with E-state index in [1.54, 1.807) is 25.3 Å². The molecule has 0 atom stereocenters. The second-order valence-electron chi connectivity index (χ2n) is 6.20. The van der Waals surface area contributed by atoms with E-state index in [2.05, 4.69) is 15.0 Å². The van der Waals surface area contributed by atoms with Gasteiger partial charge in [0.05, 0.1) is 18.2 Å². The summed E-state index contributed by atoms with van der Waals surface area (Å²) in [5.41, 5.74) is 1.08. The Morgan fingerprint density at radius 1 is 1.19 bits per heavy atom. The number of methoxy groups -OCH3 is 1. The highest BCUT2D eigenvalue weighted by Gasteiger charge is 2.32. The zero-order valence-electron chi connectivity index (χ0n) is 14.2. The van der Waals surface area contributed by atoms with Gasteiger partial charge in [0, 0.05) is 36.8 Å². The van der Waals surface area contributed by atoms with Crippen molar-refractivity contribution in [3.05, 3.63) is 52.6 Å². The number of benzene rings is 1. The summed E-state index contributed by atoms with van der Waals surface area (Å²) >= 11 is 6.06. The van der Waals surface area contributed by atoms with Crippen LogP contribution in [0.4, 0.5) is 19.0 Å². The van der Waals surface area contributed by atoms with Crippen molar-refractivity contribution in [2.75, 3.05) is 18.6 Å². The van der Waals surface area contributed by atoms with Crippen LogP contribution < -0.4 is 9.64 Å². The highest BCUT2D eigenvalue weighted by Crippen LogP contribution is 2.34. The van der Waals surface area contributed by atoms with Crippen LogP contribution in [-0.4, -0.2) is 28.6 Å². The van der Waals surface area contributed by atoms with E-state index in [4.69, 9.17) is 16.3 Å². The van der Waals surface area contributed by atoms with E-state index < -0.39 is 11.7 Å². The number of anilines is 1. The SMILES string of the molecule is COc1ccc2nc(Cl)nc(N3CCc4ncc(C(F)(F)F)cc4C3)c2c1. The topological polar surface area (TPSA) is 51.1 Å². The van der Waals surface area contributed by atoms with Gasteiger partial charge >= 0.3 is 6.18 Å². The van der Waals surface area contributed by atoms with Gasteiger partial charge in [0.1, 0.15) is 11.6 Å². The summed E-state index contributed by atoms with van der Waals surface area (Å²) in [6.45, 7) is 0.816. The maximum absolute atomic E-state index is 13.0. The third-order valence-corrected chi connectivity index (χ3v) is 4.69. The zero-order chi connectivity index (χ0) is 19.2. The Bertz CT molecular complexity index is 1030. The van der Waals surface area contributed by atoms with Crippen molar-refractivity contribution in [3.63, 3.8) is 0 Å². The van der Waals surface area contributed by atoms with Crippen LogP contribution in [-0.2, 0) is 19.1 Å². The molecule has 0 bridgehead atoms. The third-order valence-electron chi connectivity index (χ3n) is 4.52. The first-order valence-corrected chi connectivity index (χ1v) is 8.54. The van der Waals surface area contributed by atoms with Crippen LogP contribution in [0.2, 0.25) is 5.28 Å². The van der Waals surface area contributed by atoms with Crippen LogP contribution in [0.15, 0.2) is 30.5 Å². The summed E-state index contributed by atoms with van der Waals surface area (Å²) < 4.78 is 44.3. The van der Waals surface area contributed by atoms with Gasteiger partial charge in [-0.2, -0.15) is 18.2 Å². The molecule has 2 aromatic heterocycles. The van der Waals surface area contributed by atoms with Crippen molar-refractivity contribution < 1.29 is 17.9 Å². The molecule has 0 spiro atoms. The van der Waals surface area contributed by atoms with Crippen molar-refractivity contribution in [2.45, 2.75) is 19.1 Å². The molecule has 3 heterocycles. The highest BCUT2D eigenvalue weighted by molar-refractivity contribution is 6.28. The van der Waals surface area contributed by atoms with Gasteiger partial charge in [0.15, 0.2) is 0 Å². The smallest absolute Gasteiger partial charge is 0.417 e. The summed E-state index contributed by atoms with van der Waals surface area (Å²) in [6, 6.07) is 6.48. The Morgan fingerprint density at radius 3 is 2.74 bits per heavy atom. The van der Waals surface area contributed by atoms with E-state index in [1.165, 1.54) is 0 Å². The van der Waals surface area contributed by atoms with E-state index in [-0.39, 0.29) is 11.8 Å². The molecule has 140 valence electrons. The van der Waals surface area contributed by atoms with Crippen molar-refractivity contribution in [3.8, 4) is 5.75 Å². The largest absolute Gasteiger partial charge is 0.497 e. The van der Waals surface area contributed by atoms with Crippen molar-refractivity contribution in [2.24, 2.45) is 0 Å². The number of hydrogen-bond donors (Lipinski definition) is 0. The van der Waals surface area contributed by atoms with Gasteiger partial charge in [-0.05, 0) is 41.4 Å². The summed E-state index contributed by atoms with van der Waals surface area (Å²) in [7, 11) is 1.55. The predicted molar refractivity (Wildman–Crippen MR) is 95.1 cm³/mol. The lowest BCUT2D eigenvalue weighted by atomic mass is 10.0. The molecule has 5 nitrogen and oxygen atoms in total. The van der Waals surface area contributed by atoms with Gasteiger partial charge in [0.2, 0.25) is 5.28 Å². The fraction of sp³-hybridized carbons (Fsp3) is 0.278. The van der Waals surface area contributed by atoms with Crippen molar-refractivity contribution >= 4 is 28.3 Å². The molecule has 4 rings (SSSR count). The van der Waals surface area contributed by atoms with Crippen molar-refractivity contribution in [1.82, 2.24) is 15.0 Å². The zero-order valence-corrected chi connectivity index (χ0v) is 15.0. The summed E-state index contributed by atoms with van der Waals surface area (Å²) in [5, 5.41) is 0.803. The molecule has 3 aromatic rings. The maximum Gasteiger partial charge on any atom is 0.417 e. The van der Waals surface area contributed by atoms with Crippen molar-refractivity contribution in [1.29, 1.82) is 0 Å². The minimum atomic E-state index is -4.43. The van der Waals surface area contributed by atoms with Gasteiger partial charge in [-0.3, -0.25) is 4.98 Å². The monoisotopic (exact) mass is 394 g/mol. The quantitative estimate of drug-likeness (QED) is 0.608. The Labute approximate surface area is 157 Å². The predicted octanol–water partition coefficient (Wildman–Crippen LogP) is 4.27. The Balaban J connectivity index is 1.77. The van der Waals surface area contributed by atoms with Gasteiger partial charge in [-0.25, -0.2) is 4.98 Å². The van der Waals surface area contributed by atoms with Crippen LogP contribution in [0.5, 0.6) is 5.75 Å².